The first-order valence-electron chi connectivity index (χ1n) is 16.2. The molecule has 0 aliphatic heterocycles. The van der Waals surface area contributed by atoms with E-state index in [2.05, 4.69) is 36.5 Å². The number of carbonyl (C=O) groups excluding carboxylic acids is 1. The average molecular weight is 494 g/mol. The summed E-state index contributed by atoms with van der Waals surface area (Å²) in [5.74, 6) is 17.7. The van der Waals surface area contributed by atoms with Crippen LogP contribution in [0, 0.1) is 94.7 Å². The largest absolute Gasteiger partial charge is 0.304 e. The molecule has 0 radical (unpaired) electrons. The molecule has 0 heterocycles. The van der Waals surface area contributed by atoms with Crippen LogP contribution in [0.2, 0.25) is 0 Å². The van der Waals surface area contributed by atoms with Crippen LogP contribution in [0.5, 0.6) is 0 Å². The van der Waals surface area contributed by atoms with Crippen LogP contribution in [0.15, 0.2) is 36.5 Å². The maximum Gasteiger partial charge on any atom is 0.116 e. The van der Waals surface area contributed by atoms with Gasteiger partial charge in [0.15, 0.2) is 0 Å². The molecule has 0 amide bonds. The van der Waals surface area contributed by atoms with Crippen molar-refractivity contribution in [3.05, 3.63) is 36.5 Å². The first kappa shape index (κ1) is 21.3. The molecule has 35 heavy (non-hydrogen) atoms. The number of aldehydes is 1. The first-order chi connectivity index (χ1) is 18.0. The molecule has 0 N–H and O–H groups in total. The van der Waals surface area contributed by atoms with E-state index in [-0.39, 0.29) is 0 Å². The minimum atomic E-state index is -0.750. The molecular weight excluding hydrogens is 443 g/mol. The fraction of sp³-hybridized carbons (Fsp3) is 0.788. The SMILES string of the molecule is C1=CC2C(C1)C1CC2C2C3C=CC(C3)C12.C1=CC2C(C1)C1CC2C2C3CCC(C3)C12.CC=O.[2H]C([3H])P. The van der Waals surface area contributed by atoms with Gasteiger partial charge >= 0.3 is 0 Å². The highest BCUT2D eigenvalue weighted by Gasteiger charge is 2.66. The summed E-state index contributed by atoms with van der Waals surface area (Å²) >= 11 is 0. The van der Waals surface area contributed by atoms with Crippen LogP contribution in [-0.4, -0.2) is 12.9 Å². The number of hydrogen-bond donors (Lipinski definition) is 0. The van der Waals surface area contributed by atoms with Crippen molar-refractivity contribution in [2.45, 2.75) is 58.3 Å². The monoisotopic (exact) mass is 493 g/mol. The van der Waals surface area contributed by atoms with Crippen LogP contribution in [0.4, 0.5) is 0 Å². The lowest BCUT2D eigenvalue weighted by Gasteiger charge is -2.40. The molecule has 0 aromatic heterocycles. The van der Waals surface area contributed by atoms with Gasteiger partial charge in [-0.2, -0.15) is 0 Å². The van der Waals surface area contributed by atoms with Gasteiger partial charge in [-0.15, -0.1) is 9.24 Å². The molecule has 8 bridgehead atoms. The molecule has 0 aromatic carbocycles. The standard InChI is InChI=1S/C15H20.C15H18.C2H4O.CH5P/c2*1-2-10-11(3-1)13-7-12(10)14-8-4-5-9(6-8)15(13)14;1-2-3;1-2/h1-2,8-15H,3-7H2;1-2,4-5,8-15H,3,6-7H2;2H,1H3;2H2,1H3/i;;;1TD. The third-order valence-electron chi connectivity index (χ3n) is 13.3. The molecule has 1 nitrogen and oxygen atoms in total. The Hall–Kier alpha value is -0.680. The van der Waals surface area contributed by atoms with Crippen molar-refractivity contribution < 1.29 is 7.54 Å². The van der Waals surface area contributed by atoms with Gasteiger partial charge in [0, 0.05) is 2.74 Å². The van der Waals surface area contributed by atoms with Crippen LogP contribution in [-0.2, 0) is 4.79 Å². The highest BCUT2D eigenvalue weighted by Crippen LogP contribution is 2.72. The summed E-state index contributed by atoms with van der Waals surface area (Å²) in [4.78, 5) is 8.81. The van der Waals surface area contributed by atoms with E-state index in [9.17, 15) is 0 Å². The predicted octanol–water partition coefficient (Wildman–Crippen LogP) is 7.45. The molecule has 18 atom stereocenters. The summed E-state index contributed by atoms with van der Waals surface area (Å²) in [7, 11) is 1.99. The molecule has 2 heteroatoms. The zero-order valence-electron chi connectivity index (χ0n) is 23.5. The number of fused-ring (bicyclic) bond motifs is 24. The Labute approximate surface area is 219 Å². The normalized spacial score (nSPS) is 59.8. The molecule has 0 spiro atoms. The van der Waals surface area contributed by atoms with Gasteiger partial charge in [0.25, 0.3) is 0 Å². The average Bonchev–Trinajstić information content (AvgIpc) is 3.72. The molecule has 0 aromatic rings. The van der Waals surface area contributed by atoms with Crippen molar-refractivity contribution in [1.29, 1.82) is 0 Å². The van der Waals surface area contributed by atoms with Crippen molar-refractivity contribution >= 4 is 15.5 Å². The van der Waals surface area contributed by atoms with Crippen LogP contribution in [0.3, 0.4) is 0 Å². The Morgan fingerprint density at radius 1 is 0.743 bits per heavy atom. The fourth-order valence-corrected chi connectivity index (χ4v) is 13.0. The highest BCUT2D eigenvalue weighted by molar-refractivity contribution is 7.15. The van der Waals surface area contributed by atoms with Crippen molar-refractivity contribution in [3.8, 4) is 0 Å². The van der Waals surface area contributed by atoms with Crippen molar-refractivity contribution in [3.63, 3.8) is 0 Å². The van der Waals surface area contributed by atoms with Gasteiger partial charge in [-0.05, 0) is 153 Å². The van der Waals surface area contributed by atoms with E-state index in [4.69, 9.17) is 7.54 Å². The van der Waals surface area contributed by atoms with Gasteiger partial charge in [0.2, 0.25) is 0 Å². The van der Waals surface area contributed by atoms with Gasteiger partial charge in [0.1, 0.15) is 6.29 Å². The second-order valence-electron chi connectivity index (χ2n) is 13.8. The molecular formula is C33H47OP. The minimum absolute atomic E-state index is 0.750. The predicted molar refractivity (Wildman–Crippen MR) is 148 cm³/mol. The van der Waals surface area contributed by atoms with E-state index in [0.717, 1.165) is 77.3 Å². The lowest BCUT2D eigenvalue weighted by molar-refractivity contribution is -0.106. The Bertz CT molecular complexity index is 971. The lowest BCUT2D eigenvalue weighted by atomic mass is 9.64. The zero-order chi connectivity index (χ0) is 25.4. The van der Waals surface area contributed by atoms with Crippen LogP contribution >= 0.6 is 9.24 Å². The zero-order valence-corrected chi connectivity index (χ0v) is 22.7. The van der Waals surface area contributed by atoms with Crippen molar-refractivity contribution in [1.82, 2.24) is 0 Å². The van der Waals surface area contributed by atoms with Gasteiger partial charge in [0.05, 0.1) is 0 Å². The van der Waals surface area contributed by atoms with E-state index in [1.165, 1.54) is 49.9 Å². The third kappa shape index (κ3) is 3.18. The molecule has 190 valence electrons. The van der Waals surface area contributed by atoms with Crippen molar-refractivity contribution in [2.75, 3.05) is 6.62 Å². The number of hydrogen-bond acceptors (Lipinski definition) is 1. The van der Waals surface area contributed by atoms with E-state index < -0.39 is 6.62 Å². The number of rotatable bonds is 0. The Balaban J connectivity index is 0.000000101. The quantitative estimate of drug-likeness (QED) is 0.148. The Morgan fingerprint density at radius 2 is 1.20 bits per heavy atom. The summed E-state index contributed by atoms with van der Waals surface area (Å²) in [5.41, 5.74) is 0. The van der Waals surface area contributed by atoms with Gasteiger partial charge in [-0.3, -0.25) is 0 Å². The van der Waals surface area contributed by atoms with Gasteiger partial charge < -0.3 is 4.79 Å². The van der Waals surface area contributed by atoms with E-state index >= 15 is 0 Å². The summed E-state index contributed by atoms with van der Waals surface area (Å²) in [6.45, 7) is 0.694. The maximum atomic E-state index is 8.81. The van der Waals surface area contributed by atoms with Gasteiger partial charge in [-0.1, -0.05) is 43.1 Å². The molecule has 10 rings (SSSR count). The molecule has 7 fully saturated rings. The van der Waals surface area contributed by atoms with E-state index in [1.54, 1.807) is 32.1 Å². The summed E-state index contributed by atoms with van der Waals surface area (Å²) in [5, 5.41) is 0. The second-order valence-corrected chi connectivity index (χ2v) is 13.8. The number of allylic oxidation sites excluding steroid dienone is 6. The first-order valence-corrected chi connectivity index (χ1v) is 15.7. The van der Waals surface area contributed by atoms with Crippen molar-refractivity contribution in [2.24, 2.45) is 94.7 Å². The molecule has 18 unspecified atom stereocenters. The Morgan fingerprint density at radius 3 is 1.77 bits per heavy atom. The fourth-order valence-electron chi connectivity index (χ4n) is 13.0. The van der Waals surface area contributed by atoms with Gasteiger partial charge in [-0.25, -0.2) is 0 Å². The smallest absolute Gasteiger partial charge is 0.116 e. The molecule has 10 aliphatic carbocycles. The molecule has 0 saturated heterocycles. The van der Waals surface area contributed by atoms with Crippen LogP contribution in [0.25, 0.3) is 0 Å². The Kier molecular flexibility index (Phi) is 5.45. The molecule has 10 aliphatic rings. The van der Waals surface area contributed by atoms with E-state index in [0.29, 0.717) is 0 Å². The highest BCUT2D eigenvalue weighted by atomic mass is 31.0. The van der Waals surface area contributed by atoms with Crippen LogP contribution in [0.1, 0.15) is 61.0 Å². The minimum Gasteiger partial charge on any atom is -0.304 e. The summed E-state index contributed by atoms with van der Waals surface area (Å²) in [6, 6.07) is 0. The topological polar surface area (TPSA) is 17.1 Å². The van der Waals surface area contributed by atoms with E-state index in [1.807, 2.05) is 9.24 Å². The third-order valence-corrected chi connectivity index (χ3v) is 13.3. The maximum absolute atomic E-state index is 8.81. The molecule has 7 saturated carbocycles. The number of carbonyl (C=O) groups is 1. The summed E-state index contributed by atoms with van der Waals surface area (Å²) in [6.07, 6.45) is 28.4. The lowest BCUT2D eigenvalue weighted by Crippen LogP contribution is -2.36. The van der Waals surface area contributed by atoms with Crippen LogP contribution < -0.4 is 0 Å². The summed E-state index contributed by atoms with van der Waals surface area (Å²) < 4.78 is 12.4. The second kappa shape index (κ2) is 8.96.